The third kappa shape index (κ3) is 2.83. The number of benzene rings is 1. The Morgan fingerprint density at radius 3 is 2.70 bits per heavy atom. The van der Waals surface area contributed by atoms with E-state index in [1.165, 1.54) is 0 Å². The molecule has 104 valence electrons. The van der Waals surface area contributed by atoms with Gasteiger partial charge in [0.2, 0.25) is 0 Å². The van der Waals surface area contributed by atoms with Crippen LogP contribution in [0.4, 0.5) is 0 Å². The predicted octanol–water partition coefficient (Wildman–Crippen LogP) is 1.84. The van der Waals surface area contributed by atoms with Gasteiger partial charge in [-0.05, 0) is 44.0 Å². The van der Waals surface area contributed by atoms with Gasteiger partial charge in [0.15, 0.2) is 0 Å². The van der Waals surface area contributed by atoms with Gasteiger partial charge in [-0.3, -0.25) is 4.79 Å². The third-order valence-corrected chi connectivity index (χ3v) is 3.37. The van der Waals surface area contributed by atoms with Crippen molar-refractivity contribution in [3.63, 3.8) is 0 Å². The zero-order valence-electron chi connectivity index (χ0n) is 11.5. The lowest BCUT2D eigenvalue weighted by molar-refractivity contribution is -0.147. The summed E-state index contributed by atoms with van der Waals surface area (Å²) in [5, 5.41) is 0. The predicted molar refractivity (Wildman–Crippen MR) is 75.1 cm³/mol. The van der Waals surface area contributed by atoms with E-state index in [0.717, 1.165) is 12.0 Å². The normalized spacial score (nSPS) is 17.6. The number of hydrogen-bond donors (Lipinski definition) is 0. The molecule has 0 spiro atoms. The minimum absolute atomic E-state index is 0.149. The summed E-state index contributed by atoms with van der Waals surface area (Å²) in [6.07, 6.45) is 6.76. The van der Waals surface area contributed by atoms with Gasteiger partial charge >= 0.3 is 5.97 Å². The van der Waals surface area contributed by atoms with E-state index in [0.29, 0.717) is 25.1 Å². The smallest absolute Gasteiger partial charge is 0.328 e. The number of carbonyl (C=O) groups excluding carboxylic acids is 2. The molecule has 20 heavy (non-hydrogen) atoms. The summed E-state index contributed by atoms with van der Waals surface area (Å²) < 4.78 is 5.02. The van der Waals surface area contributed by atoms with Gasteiger partial charge in [0.1, 0.15) is 6.04 Å². The van der Waals surface area contributed by atoms with Crippen LogP contribution < -0.4 is 0 Å². The minimum atomic E-state index is -0.463. The molecule has 1 aliphatic heterocycles. The first-order valence-electron chi connectivity index (χ1n) is 6.71. The van der Waals surface area contributed by atoms with E-state index in [1.54, 1.807) is 36.1 Å². The van der Waals surface area contributed by atoms with Crippen molar-refractivity contribution in [3.8, 4) is 12.3 Å². The molecule has 1 amide bonds. The van der Waals surface area contributed by atoms with Crippen LogP contribution in [0.5, 0.6) is 0 Å². The minimum Gasteiger partial charge on any atom is -0.464 e. The van der Waals surface area contributed by atoms with Gasteiger partial charge < -0.3 is 9.64 Å². The van der Waals surface area contributed by atoms with Crippen molar-refractivity contribution in [2.45, 2.75) is 25.8 Å². The van der Waals surface area contributed by atoms with Crippen LogP contribution in [-0.4, -0.2) is 36.0 Å². The Bertz CT molecular complexity index is 542. The highest BCUT2D eigenvalue weighted by Crippen LogP contribution is 2.21. The zero-order valence-corrected chi connectivity index (χ0v) is 11.5. The van der Waals surface area contributed by atoms with Gasteiger partial charge in [-0.1, -0.05) is 5.92 Å². The Morgan fingerprint density at radius 2 is 2.10 bits per heavy atom. The van der Waals surface area contributed by atoms with Crippen molar-refractivity contribution in [2.24, 2.45) is 0 Å². The number of hydrogen-bond acceptors (Lipinski definition) is 3. The van der Waals surface area contributed by atoms with Crippen molar-refractivity contribution >= 4 is 11.9 Å². The quantitative estimate of drug-likeness (QED) is 0.622. The number of esters is 1. The van der Waals surface area contributed by atoms with Crippen LogP contribution in [0.3, 0.4) is 0 Å². The van der Waals surface area contributed by atoms with E-state index in [4.69, 9.17) is 11.2 Å². The molecule has 4 heteroatoms. The average molecular weight is 271 g/mol. The Labute approximate surface area is 118 Å². The van der Waals surface area contributed by atoms with E-state index < -0.39 is 6.04 Å². The maximum absolute atomic E-state index is 12.4. The first-order chi connectivity index (χ1) is 9.67. The molecule has 4 nitrogen and oxygen atoms in total. The maximum Gasteiger partial charge on any atom is 0.328 e. The summed E-state index contributed by atoms with van der Waals surface area (Å²) in [4.78, 5) is 25.9. The Kier molecular flexibility index (Phi) is 4.41. The van der Waals surface area contributed by atoms with Crippen molar-refractivity contribution in [1.29, 1.82) is 0 Å². The first kappa shape index (κ1) is 14.1. The van der Waals surface area contributed by atoms with Gasteiger partial charge in [0, 0.05) is 17.7 Å². The van der Waals surface area contributed by atoms with Gasteiger partial charge in [0.05, 0.1) is 6.61 Å². The van der Waals surface area contributed by atoms with Gasteiger partial charge in [-0.2, -0.15) is 0 Å². The molecule has 1 atom stereocenters. The summed E-state index contributed by atoms with van der Waals surface area (Å²) in [6.45, 7) is 2.67. The first-order valence-corrected chi connectivity index (χ1v) is 6.71. The molecule has 0 aromatic heterocycles. The van der Waals surface area contributed by atoms with Crippen molar-refractivity contribution in [1.82, 2.24) is 4.90 Å². The highest BCUT2D eigenvalue weighted by Gasteiger charge is 2.35. The molecule has 1 fully saturated rings. The maximum atomic E-state index is 12.4. The highest BCUT2D eigenvalue weighted by atomic mass is 16.5. The van der Waals surface area contributed by atoms with E-state index >= 15 is 0 Å². The molecule has 0 radical (unpaired) electrons. The van der Waals surface area contributed by atoms with Gasteiger partial charge in [-0.25, -0.2) is 4.79 Å². The fraction of sp³-hybridized carbons (Fsp3) is 0.375. The van der Waals surface area contributed by atoms with Gasteiger partial charge in [-0.15, -0.1) is 6.42 Å². The average Bonchev–Trinajstić information content (AvgIpc) is 2.96. The summed E-state index contributed by atoms with van der Waals surface area (Å²) in [6, 6.07) is 6.37. The van der Waals surface area contributed by atoms with Crippen molar-refractivity contribution in [3.05, 3.63) is 35.4 Å². The molecular weight excluding hydrogens is 254 g/mol. The standard InChI is InChI=1S/C16H17NO3/c1-3-12-7-9-13(10-8-12)15(18)17-11-5-6-14(17)16(19)20-4-2/h1,7-10,14H,4-6,11H2,2H3/t14-/m0/s1. The molecule has 1 aliphatic rings. The SMILES string of the molecule is C#Cc1ccc(C(=O)N2CCC[C@H]2C(=O)OCC)cc1. The largest absolute Gasteiger partial charge is 0.464 e. The number of terminal acetylenes is 1. The molecule has 2 rings (SSSR count). The summed E-state index contributed by atoms with van der Waals surface area (Å²) in [7, 11) is 0. The number of amides is 1. The summed E-state index contributed by atoms with van der Waals surface area (Å²) in [5.41, 5.74) is 1.27. The van der Waals surface area contributed by atoms with E-state index in [2.05, 4.69) is 5.92 Å². The second-order valence-electron chi connectivity index (χ2n) is 4.63. The fourth-order valence-corrected chi connectivity index (χ4v) is 2.37. The van der Waals surface area contributed by atoms with Crippen LogP contribution in [0, 0.1) is 12.3 Å². The number of nitrogens with zero attached hydrogens (tertiary/aromatic N) is 1. The van der Waals surface area contributed by atoms with Crippen LogP contribution >= 0.6 is 0 Å². The monoisotopic (exact) mass is 271 g/mol. The van der Waals surface area contributed by atoms with E-state index in [-0.39, 0.29) is 11.9 Å². The van der Waals surface area contributed by atoms with Crippen LogP contribution in [0.15, 0.2) is 24.3 Å². The lowest BCUT2D eigenvalue weighted by Gasteiger charge is -2.23. The Balaban J connectivity index is 2.14. The van der Waals surface area contributed by atoms with Crippen LogP contribution in [0.2, 0.25) is 0 Å². The Hall–Kier alpha value is -2.28. The van der Waals surface area contributed by atoms with Crippen molar-refractivity contribution in [2.75, 3.05) is 13.2 Å². The summed E-state index contributed by atoms with van der Waals surface area (Å²) >= 11 is 0. The number of likely N-dealkylation sites (tertiary alicyclic amines) is 1. The fourth-order valence-electron chi connectivity index (χ4n) is 2.37. The highest BCUT2D eigenvalue weighted by molar-refractivity contribution is 5.97. The number of carbonyl (C=O) groups is 2. The third-order valence-electron chi connectivity index (χ3n) is 3.37. The zero-order chi connectivity index (χ0) is 14.5. The molecule has 0 bridgehead atoms. The molecule has 1 aromatic carbocycles. The second-order valence-corrected chi connectivity index (χ2v) is 4.63. The molecule has 0 N–H and O–H groups in total. The van der Waals surface area contributed by atoms with Crippen LogP contribution in [0.1, 0.15) is 35.7 Å². The second kappa shape index (κ2) is 6.25. The number of ether oxygens (including phenoxy) is 1. The lowest BCUT2D eigenvalue weighted by atomic mass is 10.1. The van der Waals surface area contributed by atoms with Crippen LogP contribution in [0.25, 0.3) is 0 Å². The Morgan fingerprint density at radius 1 is 1.40 bits per heavy atom. The van der Waals surface area contributed by atoms with Gasteiger partial charge in [0.25, 0.3) is 5.91 Å². The van der Waals surface area contributed by atoms with Crippen molar-refractivity contribution < 1.29 is 14.3 Å². The molecule has 0 aliphatic carbocycles. The number of rotatable bonds is 3. The van der Waals surface area contributed by atoms with E-state index in [9.17, 15) is 9.59 Å². The molecule has 1 aromatic rings. The summed E-state index contributed by atoms with van der Waals surface area (Å²) in [5.74, 6) is 2.04. The van der Waals surface area contributed by atoms with E-state index in [1.807, 2.05) is 0 Å². The molecule has 1 heterocycles. The molecule has 0 unspecified atom stereocenters. The molecule has 1 saturated heterocycles. The topological polar surface area (TPSA) is 46.6 Å². The van der Waals surface area contributed by atoms with Crippen LogP contribution in [-0.2, 0) is 9.53 Å². The molecular formula is C16H17NO3. The lowest BCUT2D eigenvalue weighted by Crippen LogP contribution is -2.41. The molecule has 0 saturated carbocycles.